The van der Waals surface area contributed by atoms with E-state index in [2.05, 4.69) is 26.2 Å². The van der Waals surface area contributed by atoms with Crippen molar-refractivity contribution < 1.29 is 9.59 Å². The Kier molecular flexibility index (Phi) is 6.12. The molecule has 2 aliphatic heterocycles. The number of allylic oxidation sites excluding steroid dienone is 1. The first-order valence-electron chi connectivity index (χ1n) is 8.33. The minimum atomic E-state index is -0.135. The topological polar surface area (TPSA) is 65.0 Å². The van der Waals surface area contributed by atoms with E-state index in [1.165, 1.54) is 4.90 Å². The molecule has 0 aromatic heterocycles. The van der Waals surface area contributed by atoms with E-state index >= 15 is 0 Å². The number of carbonyl (C=O) groups is 2. The highest BCUT2D eigenvalue weighted by atomic mass is 79.9. The van der Waals surface area contributed by atoms with Gasteiger partial charge in [-0.3, -0.25) is 29.7 Å². The van der Waals surface area contributed by atoms with Gasteiger partial charge in [-0.25, -0.2) is 0 Å². The van der Waals surface area contributed by atoms with Crippen molar-refractivity contribution >= 4 is 34.0 Å². The van der Waals surface area contributed by atoms with Crippen molar-refractivity contribution in [1.82, 2.24) is 15.1 Å². The average Bonchev–Trinajstić information content (AvgIpc) is 2.60. The first-order chi connectivity index (χ1) is 12.1. The number of hydrogen-bond acceptors (Lipinski definition) is 5. The van der Waals surface area contributed by atoms with Gasteiger partial charge in [0.15, 0.2) is 0 Å². The Morgan fingerprint density at radius 2 is 1.88 bits per heavy atom. The molecule has 0 radical (unpaired) electrons. The van der Waals surface area contributed by atoms with Crippen molar-refractivity contribution in [3.8, 4) is 0 Å². The number of aliphatic imine (C=N–C) groups is 1. The standard InChI is InChI=1S/C18H21BrN4O2/c19-15-6-7-16(21-10-15)20-8-9-23-17(24)12-22(13-18(23)25)11-14-4-2-1-3-5-14/h1-6,10,16,20H,7-9,11-13H2. The fourth-order valence-electron chi connectivity index (χ4n) is 2.93. The van der Waals surface area contributed by atoms with E-state index in [4.69, 9.17) is 0 Å². The van der Waals surface area contributed by atoms with E-state index in [0.29, 0.717) is 19.6 Å². The van der Waals surface area contributed by atoms with Gasteiger partial charge in [-0.2, -0.15) is 0 Å². The maximum absolute atomic E-state index is 12.3. The van der Waals surface area contributed by atoms with Crippen LogP contribution in [0.2, 0.25) is 0 Å². The van der Waals surface area contributed by atoms with Crippen LogP contribution in [0.25, 0.3) is 0 Å². The molecular formula is C18H21BrN4O2. The van der Waals surface area contributed by atoms with Crippen LogP contribution in [-0.4, -0.2) is 60.2 Å². The summed E-state index contributed by atoms with van der Waals surface area (Å²) in [6.45, 7) is 2.09. The number of halogens is 1. The van der Waals surface area contributed by atoms with Crippen molar-refractivity contribution in [2.45, 2.75) is 19.1 Å². The molecule has 132 valence electrons. The second-order valence-corrected chi connectivity index (χ2v) is 7.06. The molecule has 6 nitrogen and oxygen atoms in total. The quantitative estimate of drug-likeness (QED) is 0.730. The molecule has 1 unspecified atom stereocenters. The highest BCUT2D eigenvalue weighted by Gasteiger charge is 2.30. The number of piperazine rings is 1. The molecule has 2 aliphatic rings. The second kappa shape index (κ2) is 8.51. The SMILES string of the molecule is O=C1CN(Cc2ccccc2)CC(=O)N1CCNC1CC=C(Br)C=N1. The molecule has 1 saturated heterocycles. The number of nitrogens with one attached hydrogen (secondary N) is 1. The van der Waals surface area contributed by atoms with E-state index in [9.17, 15) is 9.59 Å². The van der Waals surface area contributed by atoms with Gasteiger partial charge in [-0.1, -0.05) is 36.4 Å². The molecule has 1 aromatic carbocycles. The number of amides is 2. The predicted octanol–water partition coefficient (Wildman–Crippen LogP) is 1.53. The summed E-state index contributed by atoms with van der Waals surface area (Å²) in [7, 11) is 0. The van der Waals surface area contributed by atoms with Gasteiger partial charge < -0.3 is 0 Å². The molecule has 0 spiro atoms. The summed E-state index contributed by atoms with van der Waals surface area (Å²) in [5, 5.41) is 3.26. The fraction of sp³-hybridized carbons (Fsp3) is 0.389. The second-order valence-electron chi connectivity index (χ2n) is 6.14. The summed E-state index contributed by atoms with van der Waals surface area (Å²) in [6.07, 6.45) is 4.61. The molecule has 3 rings (SSSR count). The third-order valence-electron chi connectivity index (χ3n) is 4.20. The molecule has 1 fully saturated rings. The van der Waals surface area contributed by atoms with Gasteiger partial charge in [0.1, 0.15) is 6.17 Å². The van der Waals surface area contributed by atoms with Gasteiger partial charge >= 0.3 is 0 Å². The summed E-state index contributed by atoms with van der Waals surface area (Å²) in [5.74, 6) is -0.271. The van der Waals surface area contributed by atoms with Crippen LogP contribution in [0.5, 0.6) is 0 Å². The number of benzene rings is 1. The summed E-state index contributed by atoms with van der Waals surface area (Å²) in [4.78, 5) is 32.2. The van der Waals surface area contributed by atoms with E-state index in [1.54, 1.807) is 6.21 Å². The summed E-state index contributed by atoms with van der Waals surface area (Å²) in [5.41, 5.74) is 1.10. The van der Waals surface area contributed by atoms with Gasteiger partial charge in [-0.05, 0) is 21.5 Å². The molecular weight excluding hydrogens is 384 g/mol. The van der Waals surface area contributed by atoms with Gasteiger partial charge in [0.05, 0.1) is 13.1 Å². The zero-order valence-electron chi connectivity index (χ0n) is 13.9. The van der Waals surface area contributed by atoms with E-state index in [0.717, 1.165) is 16.5 Å². The highest BCUT2D eigenvalue weighted by molar-refractivity contribution is 9.12. The average molecular weight is 405 g/mol. The van der Waals surface area contributed by atoms with Crippen molar-refractivity contribution in [2.24, 2.45) is 4.99 Å². The molecule has 1 aromatic rings. The van der Waals surface area contributed by atoms with Crippen LogP contribution in [0.15, 0.2) is 45.9 Å². The Morgan fingerprint density at radius 1 is 1.16 bits per heavy atom. The Labute approximate surface area is 155 Å². The van der Waals surface area contributed by atoms with Crippen molar-refractivity contribution in [3.63, 3.8) is 0 Å². The van der Waals surface area contributed by atoms with Crippen LogP contribution in [0, 0.1) is 0 Å². The molecule has 2 heterocycles. The Bertz CT molecular complexity index is 672. The Hall–Kier alpha value is -1.83. The zero-order valence-corrected chi connectivity index (χ0v) is 15.5. The number of dihydropyridines is 1. The minimum Gasteiger partial charge on any atom is -0.294 e. The predicted molar refractivity (Wildman–Crippen MR) is 100 cm³/mol. The third-order valence-corrected chi connectivity index (χ3v) is 4.73. The number of hydrogen-bond donors (Lipinski definition) is 1. The Balaban J connectivity index is 1.45. The first kappa shape index (κ1) is 18.0. The Morgan fingerprint density at radius 3 is 2.52 bits per heavy atom. The van der Waals surface area contributed by atoms with Crippen LogP contribution < -0.4 is 5.32 Å². The molecule has 25 heavy (non-hydrogen) atoms. The van der Waals surface area contributed by atoms with E-state index in [-0.39, 0.29) is 31.1 Å². The highest BCUT2D eigenvalue weighted by Crippen LogP contribution is 2.12. The van der Waals surface area contributed by atoms with Crippen LogP contribution in [-0.2, 0) is 16.1 Å². The maximum Gasteiger partial charge on any atom is 0.243 e. The van der Waals surface area contributed by atoms with E-state index < -0.39 is 0 Å². The zero-order chi connectivity index (χ0) is 17.6. The van der Waals surface area contributed by atoms with Crippen LogP contribution >= 0.6 is 15.9 Å². The van der Waals surface area contributed by atoms with Crippen molar-refractivity contribution in [1.29, 1.82) is 0 Å². The number of carbonyl (C=O) groups excluding carboxylic acids is 2. The lowest BCUT2D eigenvalue weighted by Gasteiger charge is -2.33. The number of imide groups is 1. The lowest BCUT2D eigenvalue weighted by atomic mass is 10.2. The van der Waals surface area contributed by atoms with Crippen molar-refractivity contribution in [3.05, 3.63) is 46.5 Å². The maximum atomic E-state index is 12.3. The summed E-state index contributed by atoms with van der Waals surface area (Å²) >= 11 is 3.37. The van der Waals surface area contributed by atoms with Crippen molar-refractivity contribution in [2.75, 3.05) is 26.2 Å². The van der Waals surface area contributed by atoms with Gasteiger partial charge in [0.25, 0.3) is 0 Å². The lowest BCUT2D eigenvalue weighted by Crippen LogP contribution is -2.55. The van der Waals surface area contributed by atoms with Crippen LogP contribution in [0.3, 0.4) is 0 Å². The smallest absolute Gasteiger partial charge is 0.243 e. The number of nitrogens with zero attached hydrogens (tertiary/aromatic N) is 3. The molecule has 1 atom stereocenters. The molecule has 0 aliphatic carbocycles. The fourth-order valence-corrected chi connectivity index (χ4v) is 3.23. The van der Waals surface area contributed by atoms with Gasteiger partial charge in [0.2, 0.25) is 11.8 Å². The van der Waals surface area contributed by atoms with E-state index in [1.807, 2.05) is 41.3 Å². The lowest BCUT2D eigenvalue weighted by molar-refractivity contribution is -0.151. The molecule has 2 amide bonds. The molecule has 0 bridgehead atoms. The minimum absolute atomic E-state index is 0.00544. The van der Waals surface area contributed by atoms with Crippen LogP contribution in [0.1, 0.15) is 12.0 Å². The first-order valence-corrected chi connectivity index (χ1v) is 9.13. The molecule has 0 saturated carbocycles. The summed E-state index contributed by atoms with van der Waals surface area (Å²) in [6, 6.07) is 9.88. The third kappa shape index (κ3) is 5.07. The number of rotatable bonds is 6. The van der Waals surface area contributed by atoms with Gasteiger partial charge in [-0.15, -0.1) is 0 Å². The molecule has 1 N–H and O–H groups in total. The van der Waals surface area contributed by atoms with Gasteiger partial charge in [0, 0.05) is 36.8 Å². The monoisotopic (exact) mass is 404 g/mol. The summed E-state index contributed by atoms with van der Waals surface area (Å²) < 4.78 is 0.977. The molecule has 7 heteroatoms. The van der Waals surface area contributed by atoms with Crippen LogP contribution in [0.4, 0.5) is 0 Å². The normalized spacial score (nSPS) is 21.6. The largest absolute Gasteiger partial charge is 0.294 e.